The van der Waals surface area contributed by atoms with E-state index in [0.717, 1.165) is 25.1 Å². The van der Waals surface area contributed by atoms with Crippen molar-refractivity contribution in [2.75, 3.05) is 13.1 Å². The molecular weight excluding hydrogens is 285 g/mol. The van der Waals surface area contributed by atoms with E-state index in [1.807, 2.05) is 6.07 Å². The maximum atomic E-state index is 13.2. The van der Waals surface area contributed by atoms with E-state index in [0.29, 0.717) is 22.3 Å². The predicted molar refractivity (Wildman–Crippen MR) is 88.3 cm³/mol. The fourth-order valence-electron chi connectivity index (χ4n) is 3.60. The van der Waals surface area contributed by atoms with Crippen molar-refractivity contribution in [1.82, 2.24) is 5.32 Å². The first-order valence-corrected chi connectivity index (χ1v) is 8.44. The van der Waals surface area contributed by atoms with Crippen LogP contribution in [-0.2, 0) is 6.42 Å². The van der Waals surface area contributed by atoms with Crippen LogP contribution in [0.5, 0.6) is 0 Å². The molecule has 0 spiro atoms. The average Bonchev–Trinajstić information content (AvgIpc) is 2.40. The predicted octanol–water partition coefficient (Wildman–Crippen LogP) is 5.07. The third kappa shape index (κ3) is 4.69. The van der Waals surface area contributed by atoms with Gasteiger partial charge in [-0.1, -0.05) is 38.4 Å². The summed E-state index contributed by atoms with van der Waals surface area (Å²) in [4.78, 5) is 0. The van der Waals surface area contributed by atoms with Gasteiger partial charge in [0.25, 0.3) is 0 Å². The summed E-state index contributed by atoms with van der Waals surface area (Å²) in [6.45, 7) is 8.96. The van der Waals surface area contributed by atoms with Gasteiger partial charge in [-0.05, 0) is 73.7 Å². The molecule has 1 N–H and O–H groups in total. The van der Waals surface area contributed by atoms with Crippen LogP contribution in [-0.4, -0.2) is 13.1 Å². The zero-order valence-corrected chi connectivity index (χ0v) is 14.1. The topological polar surface area (TPSA) is 12.0 Å². The van der Waals surface area contributed by atoms with Crippen LogP contribution in [0.3, 0.4) is 0 Å². The lowest BCUT2D eigenvalue weighted by molar-refractivity contribution is 0.116. The summed E-state index contributed by atoms with van der Waals surface area (Å²) < 4.78 is 13.2. The molecule has 1 nitrogen and oxygen atoms in total. The molecule has 118 valence electrons. The zero-order chi connectivity index (χ0) is 15.5. The van der Waals surface area contributed by atoms with Crippen molar-refractivity contribution in [1.29, 1.82) is 0 Å². The van der Waals surface area contributed by atoms with Gasteiger partial charge in [-0.15, -0.1) is 0 Å². The second-order valence-corrected chi connectivity index (χ2v) is 7.58. The number of benzene rings is 1. The van der Waals surface area contributed by atoms with Crippen molar-refractivity contribution < 1.29 is 4.39 Å². The molecule has 1 fully saturated rings. The van der Waals surface area contributed by atoms with Gasteiger partial charge in [0.2, 0.25) is 0 Å². The van der Waals surface area contributed by atoms with Crippen LogP contribution in [0.1, 0.15) is 45.6 Å². The van der Waals surface area contributed by atoms with Gasteiger partial charge in [-0.3, -0.25) is 0 Å². The number of halogens is 2. The molecule has 0 radical (unpaired) electrons. The molecule has 0 bridgehead atoms. The van der Waals surface area contributed by atoms with E-state index in [2.05, 4.69) is 26.1 Å². The Labute approximate surface area is 133 Å². The van der Waals surface area contributed by atoms with Gasteiger partial charge < -0.3 is 5.32 Å². The molecule has 1 aliphatic rings. The van der Waals surface area contributed by atoms with E-state index >= 15 is 0 Å². The third-order valence-corrected chi connectivity index (χ3v) is 5.18. The lowest BCUT2D eigenvalue weighted by Crippen LogP contribution is -2.37. The van der Waals surface area contributed by atoms with Gasteiger partial charge >= 0.3 is 0 Å². The highest BCUT2D eigenvalue weighted by Crippen LogP contribution is 2.43. The highest BCUT2D eigenvalue weighted by atomic mass is 35.5. The Balaban J connectivity index is 2.11. The molecule has 0 amide bonds. The smallest absolute Gasteiger partial charge is 0.124 e. The highest BCUT2D eigenvalue weighted by molar-refractivity contribution is 6.31. The second-order valence-electron chi connectivity index (χ2n) is 7.17. The van der Waals surface area contributed by atoms with Gasteiger partial charge in [-0.2, -0.15) is 0 Å². The number of nitrogens with one attached hydrogen (secondary N) is 1. The number of hydrogen-bond acceptors (Lipinski definition) is 1. The Morgan fingerprint density at radius 2 is 2.10 bits per heavy atom. The van der Waals surface area contributed by atoms with Crippen molar-refractivity contribution in [3.63, 3.8) is 0 Å². The Morgan fingerprint density at radius 3 is 2.76 bits per heavy atom. The molecule has 21 heavy (non-hydrogen) atoms. The van der Waals surface area contributed by atoms with Crippen LogP contribution in [0, 0.1) is 23.1 Å². The minimum atomic E-state index is -0.253. The van der Waals surface area contributed by atoms with Crippen LogP contribution < -0.4 is 5.32 Å². The van der Waals surface area contributed by atoms with Crippen molar-refractivity contribution in [3.8, 4) is 0 Å². The van der Waals surface area contributed by atoms with E-state index in [1.165, 1.54) is 31.4 Å². The summed E-state index contributed by atoms with van der Waals surface area (Å²) in [5.74, 6) is 1.06. The van der Waals surface area contributed by atoms with Crippen molar-refractivity contribution in [3.05, 3.63) is 34.6 Å². The fourth-order valence-corrected chi connectivity index (χ4v) is 3.84. The molecule has 3 heteroatoms. The lowest BCUT2D eigenvalue weighted by atomic mass is 9.65. The first-order valence-electron chi connectivity index (χ1n) is 8.06. The average molecular weight is 312 g/mol. The van der Waals surface area contributed by atoms with Gasteiger partial charge in [0.15, 0.2) is 0 Å². The summed E-state index contributed by atoms with van der Waals surface area (Å²) in [7, 11) is 0. The molecule has 0 saturated heterocycles. The quantitative estimate of drug-likeness (QED) is 0.800. The molecule has 1 aromatic carbocycles. The molecular formula is C18H27ClFN. The molecule has 2 rings (SSSR count). The van der Waals surface area contributed by atoms with Crippen molar-refractivity contribution in [2.45, 2.75) is 46.5 Å². The van der Waals surface area contributed by atoms with E-state index in [1.54, 1.807) is 0 Å². The summed E-state index contributed by atoms with van der Waals surface area (Å²) in [5, 5.41) is 4.06. The molecule has 2 atom stereocenters. The second kappa shape index (κ2) is 7.11. The molecule has 1 aliphatic carbocycles. The molecule has 0 heterocycles. The highest BCUT2D eigenvalue weighted by Gasteiger charge is 2.34. The van der Waals surface area contributed by atoms with E-state index < -0.39 is 0 Å². The largest absolute Gasteiger partial charge is 0.317 e. The van der Waals surface area contributed by atoms with Crippen molar-refractivity contribution >= 4 is 11.6 Å². The van der Waals surface area contributed by atoms with E-state index in [-0.39, 0.29) is 5.82 Å². The standard InChI is InChI=1S/C18H27ClFN/c1-4-21-12-14-7-8-18(2,3)11-15(14)9-13-5-6-16(20)10-17(13)19/h5-6,10,14-15,21H,4,7-9,11-12H2,1-3H3. The summed E-state index contributed by atoms with van der Waals surface area (Å²) in [6.07, 6.45) is 4.73. The Morgan fingerprint density at radius 1 is 1.33 bits per heavy atom. The van der Waals surface area contributed by atoms with E-state index in [9.17, 15) is 4.39 Å². The Bertz CT molecular complexity index is 472. The van der Waals surface area contributed by atoms with Crippen LogP contribution in [0.25, 0.3) is 0 Å². The molecule has 2 unspecified atom stereocenters. The van der Waals surface area contributed by atoms with E-state index in [4.69, 9.17) is 11.6 Å². The first-order chi connectivity index (χ1) is 9.91. The van der Waals surface area contributed by atoms with Gasteiger partial charge in [0.05, 0.1) is 0 Å². The normalized spacial score (nSPS) is 25.0. The van der Waals surface area contributed by atoms with Gasteiger partial charge in [0.1, 0.15) is 5.82 Å². The summed E-state index contributed by atoms with van der Waals surface area (Å²) in [6, 6.07) is 4.81. The SMILES string of the molecule is CCNCC1CCC(C)(C)CC1Cc1ccc(F)cc1Cl. The molecule has 1 saturated carbocycles. The van der Waals surface area contributed by atoms with Gasteiger partial charge in [-0.25, -0.2) is 4.39 Å². The van der Waals surface area contributed by atoms with Crippen LogP contribution in [0.15, 0.2) is 18.2 Å². The van der Waals surface area contributed by atoms with Crippen LogP contribution in [0.2, 0.25) is 5.02 Å². The molecule has 0 aliphatic heterocycles. The monoisotopic (exact) mass is 311 g/mol. The zero-order valence-electron chi connectivity index (χ0n) is 13.4. The number of rotatable bonds is 5. The summed E-state index contributed by atoms with van der Waals surface area (Å²) >= 11 is 6.22. The minimum absolute atomic E-state index is 0.253. The maximum absolute atomic E-state index is 13.2. The van der Waals surface area contributed by atoms with Crippen molar-refractivity contribution in [2.24, 2.45) is 17.3 Å². The molecule has 1 aromatic rings. The van der Waals surface area contributed by atoms with Gasteiger partial charge in [0, 0.05) is 5.02 Å². The minimum Gasteiger partial charge on any atom is -0.317 e. The lowest BCUT2D eigenvalue weighted by Gasteiger charge is -2.41. The first kappa shape index (κ1) is 16.8. The number of hydrogen-bond donors (Lipinski definition) is 1. The Hall–Kier alpha value is -0.600. The Kier molecular flexibility index (Phi) is 5.67. The van der Waals surface area contributed by atoms with Crippen LogP contribution in [0.4, 0.5) is 4.39 Å². The fraction of sp³-hybridized carbons (Fsp3) is 0.667. The maximum Gasteiger partial charge on any atom is 0.124 e. The molecule has 0 aromatic heterocycles. The summed E-state index contributed by atoms with van der Waals surface area (Å²) in [5.41, 5.74) is 1.49. The third-order valence-electron chi connectivity index (χ3n) is 4.83. The van der Waals surface area contributed by atoms with Crippen LogP contribution >= 0.6 is 11.6 Å².